The first kappa shape index (κ1) is 22.4. The highest BCUT2D eigenvalue weighted by atomic mass is 32.2. The normalized spacial score (nSPS) is 12.8. The lowest BCUT2D eigenvalue weighted by molar-refractivity contribution is 0.0948. The van der Waals surface area contributed by atoms with E-state index in [1.54, 1.807) is 12.1 Å². The number of carbonyl (C=O) groups is 2. The van der Waals surface area contributed by atoms with Crippen LogP contribution in [-0.4, -0.2) is 29.9 Å². The van der Waals surface area contributed by atoms with Crippen LogP contribution in [0.5, 0.6) is 0 Å². The zero-order valence-electron chi connectivity index (χ0n) is 18.1. The Hall–Kier alpha value is -3.76. The monoisotopic (exact) mass is 456 g/mol. The van der Waals surface area contributed by atoms with Gasteiger partial charge in [0.05, 0.1) is 11.1 Å². The van der Waals surface area contributed by atoms with Crippen LogP contribution in [0.25, 0.3) is 0 Å². The van der Waals surface area contributed by atoms with Crippen molar-refractivity contribution in [2.45, 2.75) is 29.2 Å². The maximum absolute atomic E-state index is 13.0. The van der Waals surface area contributed by atoms with Gasteiger partial charge in [0.25, 0.3) is 5.91 Å². The molecule has 33 heavy (non-hydrogen) atoms. The molecule has 7 heteroatoms. The fourth-order valence-corrected chi connectivity index (χ4v) is 4.69. The highest BCUT2D eigenvalue weighted by Gasteiger charge is 2.18. The molecule has 166 valence electrons. The van der Waals surface area contributed by atoms with E-state index in [4.69, 9.17) is 0 Å². The smallest absolute Gasteiger partial charge is 0.321 e. The van der Waals surface area contributed by atoms with E-state index in [9.17, 15) is 14.9 Å². The van der Waals surface area contributed by atoms with Crippen LogP contribution in [0.4, 0.5) is 10.5 Å². The van der Waals surface area contributed by atoms with Gasteiger partial charge in [0.15, 0.2) is 0 Å². The molecular formula is C26H24N4O2S. The summed E-state index contributed by atoms with van der Waals surface area (Å²) in [6.07, 6.45) is 2.09. The molecule has 3 amide bonds. The molecular weight excluding hydrogens is 432 g/mol. The van der Waals surface area contributed by atoms with Gasteiger partial charge in [-0.3, -0.25) is 4.79 Å². The molecule has 0 bridgehead atoms. The average Bonchev–Trinajstić information content (AvgIpc) is 3.39. The predicted octanol–water partition coefficient (Wildman–Crippen LogP) is 5.27. The Bertz CT molecular complexity index is 1200. The van der Waals surface area contributed by atoms with Crippen molar-refractivity contribution in [3.63, 3.8) is 0 Å². The lowest BCUT2D eigenvalue weighted by Crippen LogP contribution is -2.32. The quantitative estimate of drug-likeness (QED) is 0.529. The van der Waals surface area contributed by atoms with E-state index >= 15 is 0 Å². The predicted molar refractivity (Wildman–Crippen MR) is 129 cm³/mol. The van der Waals surface area contributed by atoms with Crippen LogP contribution in [0.15, 0.2) is 82.6 Å². The Kier molecular flexibility index (Phi) is 7.28. The van der Waals surface area contributed by atoms with Crippen LogP contribution in [-0.2, 0) is 6.54 Å². The second-order valence-electron chi connectivity index (χ2n) is 7.71. The fourth-order valence-electron chi connectivity index (χ4n) is 3.67. The third kappa shape index (κ3) is 5.73. The number of nitrogens with zero attached hydrogens (tertiary/aromatic N) is 2. The van der Waals surface area contributed by atoms with Gasteiger partial charge >= 0.3 is 6.03 Å². The van der Waals surface area contributed by atoms with Gasteiger partial charge in [-0.15, -0.1) is 0 Å². The molecule has 0 aliphatic carbocycles. The number of nitriles is 1. The third-order valence-corrected chi connectivity index (χ3v) is 6.54. The Morgan fingerprint density at radius 1 is 0.939 bits per heavy atom. The zero-order chi connectivity index (χ0) is 23.0. The van der Waals surface area contributed by atoms with E-state index in [0.29, 0.717) is 23.4 Å². The number of likely N-dealkylation sites (tertiary alicyclic amines) is 1. The molecule has 1 saturated heterocycles. The number of carbonyl (C=O) groups excluding carboxylic acids is 2. The molecule has 3 aromatic carbocycles. The molecule has 0 saturated carbocycles. The van der Waals surface area contributed by atoms with Crippen LogP contribution in [0.3, 0.4) is 0 Å². The van der Waals surface area contributed by atoms with Gasteiger partial charge in [0, 0.05) is 35.1 Å². The second-order valence-corrected chi connectivity index (χ2v) is 8.80. The SMILES string of the molecule is N#Cc1ccccc1Sc1ccccc1C(=O)NCc1cccc(NC(=O)N2CCCC2)c1. The van der Waals surface area contributed by atoms with Gasteiger partial charge in [-0.2, -0.15) is 5.26 Å². The van der Waals surface area contributed by atoms with Gasteiger partial charge in [-0.25, -0.2) is 4.79 Å². The summed E-state index contributed by atoms with van der Waals surface area (Å²) in [6.45, 7) is 1.91. The first-order chi connectivity index (χ1) is 16.1. The number of benzene rings is 3. The van der Waals surface area contributed by atoms with Crippen molar-refractivity contribution < 1.29 is 9.59 Å². The number of hydrogen-bond donors (Lipinski definition) is 2. The third-order valence-electron chi connectivity index (χ3n) is 5.38. The first-order valence-electron chi connectivity index (χ1n) is 10.8. The molecule has 6 nitrogen and oxygen atoms in total. The molecule has 0 radical (unpaired) electrons. The van der Waals surface area contributed by atoms with Crippen LogP contribution in [0, 0.1) is 11.3 Å². The van der Waals surface area contributed by atoms with Crippen LogP contribution >= 0.6 is 11.8 Å². The number of hydrogen-bond acceptors (Lipinski definition) is 4. The number of nitrogens with one attached hydrogen (secondary N) is 2. The lowest BCUT2D eigenvalue weighted by Gasteiger charge is -2.16. The van der Waals surface area contributed by atoms with Gasteiger partial charge < -0.3 is 15.5 Å². The van der Waals surface area contributed by atoms with Crippen LogP contribution < -0.4 is 10.6 Å². The molecule has 1 heterocycles. The Labute approximate surface area is 197 Å². The maximum atomic E-state index is 13.0. The van der Waals surface area contributed by atoms with Crippen LogP contribution in [0.1, 0.15) is 34.3 Å². The van der Waals surface area contributed by atoms with E-state index in [1.165, 1.54) is 11.8 Å². The van der Waals surface area contributed by atoms with Crippen molar-refractivity contribution in [3.8, 4) is 6.07 Å². The molecule has 1 fully saturated rings. The molecule has 0 spiro atoms. The van der Waals surface area contributed by atoms with Gasteiger partial charge in [0.2, 0.25) is 0 Å². The molecule has 0 atom stereocenters. The minimum Gasteiger partial charge on any atom is -0.348 e. The van der Waals surface area contributed by atoms with E-state index < -0.39 is 0 Å². The highest BCUT2D eigenvalue weighted by Crippen LogP contribution is 2.32. The summed E-state index contributed by atoms with van der Waals surface area (Å²) in [5.41, 5.74) is 2.73. The largest absolute Gasteiger partial charge is 0.348 e. The van der Waals surface area contributed by atoms with Crippen molar-refractivity contribution >= 4 is 29.4 Å². The number of urea groups is 1. The summed E-state index contributed by atoms with van der Waals surface area (Å²) in [6, 6.07) is 24.3. The topological polar surface area (TPSA) is 85.2 Å². The summed E-state index contributed by atoms with van der Waals surface area (Å²) in [7, 11) is 0. The van der Waals surface area contributed by atoms with Gasteiger partial charge in [-0.05, 0) is 54.8 Å². The zero-order valence-corrected chi connectivity index (χ0v) is 18.9. The van der Waals surface area contributed by atoms with Crippen molar-refractivity contribution in [3.05, 3.63) is 89.5 Å². The van der Waals surface area contributed by atoms with Gasteiger partial charge in [-0.1, -0.05) is 48.2 Å². The summed E-state index contributed by atoms with van der Waals surface area (Å²) in [5, 5.41) is 15.3. The summed E-state index contributed by atoms with van der Waals surface area (Å²) in [5.74, 6) is -0.195. The first-order valence-corrected chi connectivity index (χ1v) is 11.6. The molecule has 2 N–H and O–H groups in total. The summed E-state index contributed by atoms with van der Waals surface area (Å²) in [4.78, 5) is 28.7. The van der Waals surface area contributed by atoms with E-state index in [2.05, 4.69) is 16.7 Å². The highest BCUT2D eigenvalue weighted by molar-refractivity contribution is 7.99. The summed E-state index contributed by atoms with van der Waals surface area (Å²) >= 11 is 1.40. The molecule has 3 aromatic rings. The summed E-state index contributed by atoms with van der Waals surface area (Å²) < 4.78 is 0. The molecule has 1 aliphatic rings. The molecule has 0 aromatic heterocycles. The number of amides is 3. The van der Waals surface area contributed by atoms with E-state index in [1.807, 2.05) is 65.6 Å². The van der Waals surface area contributed by atoms with Gasteiger partial charge in [0.1, 0.15) is 6.07 Å². The Balaban J connectivity index is 1.41. The van der Waals surface area contributed by atoms with Crippen molar-refractivity contribution in [2.24, 2.45) is 0 Å². The lowest BCUT2D eigenvalue weighted by atomic mass is 10.1. The molecule has 4 rings (SSSR count). The van der Waals surface area contributed by atoms with Crippen molar-refractivity contribution in [1.82, 2.24) is 10.2 Å². The standard InChI is InChI=1S/C26H24N4O2S/c27-17-20-9-1-3-12-23(20)33-24-13-4-2-11-22(24)25(31)28-18-19-8-7-10-21(16-19)29-26(32)30-14-5-6-15-30/h1-4,7-13,16H,5-6,14-15,18H2,(H,28,31)(H,29,32). The minimum absolute atomic E-state index is 0.0858. The second kappa shape index (κ2) is 10.7. The van der Waals surface area contributed by atoms with Crippen molar-refractivity contribution in [1.29, 1.82) is 5.26 Å². The Morgan fingerprint density at radius 3 is 2.45 bits per heavy atom. The minimum atomic E-state index is -0.195. The number of rotatable bonds is 6. The van der Waals surface area contributed by atoms with E-state index in [0.717, 1.165) is 41.3 Å². The maximum Gasteiger partial charge on any atom is 0.321 e. The van der Waals surface area contributed by atoms with Crippen molar-refractivity contribution in [2.75, 3.05) is 18.4 Å². The van der Waals surface area contributed by atoms with E-state index in [-0.39, 0.29) is 11.9 Å². The molecule has 0 unspecified atom stereocenters. The Morgan fingerprint density at radius 2 is 1.67 bits per heavy atom. The molecule has 1 aliphatic heterocycles. The fraction of sp³-hybridized carbons (Fsp3) is 0.192. The van der Waals surface area contributed by atoms with Crippen LogP contribution in [0.2, 0.25) is 0 Å². The average molecular weight is 457 g/mol. The number of anilines is 1.